The highest BCUT2D eigenvalue weighted by atomic mass is 16.5. The highest BCUT2D eigenvalue weighted by Crippen LogP contribution is 2.13. The van der Waals surface area contributed by atoms with Crippen molar-refractivity contribution in [2.75, 3.05) is 39.3 Å². The fraction of sp³-hybridized carbons (Fsp3) is 0.500. The molecule has 0 unspecified atom stereocenters. The standard InChI is InChI=1S/C20H28N4O3/c1-3-26-18-6-4-5-17(12-18)13-21-20(25)15-24-9-7-23(8-10-24)14-19-11-16(2)22-27-19/h4-6,11-12H,3,7-10,13-15H2,1-2H3,(H,21,25). The number of piperazine rings is 1. The zero-order valence-corrected chi connectivity index (χ0v) is 16.1. The molecule has 0 spiro atoms. The number of carbonyl (C=O) groups excluding carboxylic acids is 1. The van der Waals surface area contributed by atoms with Gasteiger partial charge in [-0.15, -0.1) is 0 Å². The van der Waals surface area contributed by atoms with E-state index in [0.717, 1.165) is 55.5 Å². The summed E-state index contributed by atoms with van der Waals surface area (Å²) in [6, 6.07) is 9.80. The molecule has 1 amide bonds. The summed E-state index contributed by atoms with van der Waals surface area (Å²) in [7, 11) is 0. The van der Waals surface area contributed by atoms with Crippen molar-refractivity contribution in [3.8, 4) is 5.75 Å². The number of carbonyl (C=O) groups is 1. The fourth-order valence-corrected chi connectivity index (χ4v) is 3.19. The molecule has 1 saturated heterocycles. The second kappa shape index (κ2) is 9.53. The van der Waals surface area contributed by atoms with E-state index in [1.807, 2.05) is 44.2 Å². The SMILES string of the molecule is CCOc1cccc(CNC(=O)CN2CCN(Cc3cc(C)no3)CC2)c1. The van der Waals surface area contributed by atoms with Gasteiger partial charge in [0, 0.05) is 38.8 Å². The van der Waals surface area contributed by atoms with Crippen LogP contribution in [0, 0.1) is 6.92 Å². The number of hydrogen-bond acceptors (Lipinski definition) is 6. The molecule has 1 fully saturated rings. The van der Waals surface area contributed by atoms with Crippen LogP contribution in [0.2, 0.25) is 0 Å². The maximum Gasteiger partial charge on any atom is 0.234 e. The van der Waals surface area contributed by atoms with Crippen LogP contribution in [-0.4, -0.2) is 60.2 Å². The molecule has 146 valence electrons. The van der Waals surface area contributed by atoms with Gasteiger partial charge in [-0.25, -0.2) is 0 Å². The predicted molar refractivity (Wildman–Crippen MR) is 102 cm³/mol. The van der Waals surface area contributed by atoms with E-state index >= 15 is 0 Å². The minimum absolute atomic E-state index is 0.0520. The number of aryl methyl sites for hydroxylation is 1. The van der Waals surface area contributed by atoms with Gasteiger partial charge in [0.05, 0.1) is 25.4 Å². The van der Waals surface area contributed by atoms with Crippen LogP contribution in [0.25, 0.3) is 0 Å². The first-order chi connectivity index (χ1) is 13.1. The van der Waals surface area contributed by atoms with Gasteiger partial charge in [-0.1, -0.05) is 17.3 Å². The Morgan fingerprint density at radius 2 is 2.00 bits per heavy atom. The van der Waals surface area contributed by atoms with Crippen molar-refractivity contribution in [3.05, 3.63) is 47.3 Å². The minimum Gasteiger partial charge on any atom is -0.494 e. The van der Waals surface area contributed by atoms with Crippen LogP contribution in [0.15, 0.2) is 34.9 Å². The van der Waals surface area contributed by atoms with Crippen molar-refractivity contribution in [2.45, 2.75) is 26.9 Å². The zero-order valence-electron chi connectivity index (χ0n) is 16.1. The Balaban J connectivity index is 1.37. The molecule has 0 aliphatic carbocycles. The normalized spacial score (nSPS) is 15.6. The monoisotopic (exact) mass is 372 g/mol. The third-order valence-corrected chi connectivity index (χ3v) is 4.59. The van der Waals surface area contributed by atoms with Crippen LogP contribution in [0.4, 0.5) is 0 Å². The number of aromatic nitrogens is 1. The molecule has 3 rings (SSSR count). The number of amides is 1. The Morgan fingerprint density at radius 3 is 2.70 bits per heavy atom. The number of ether oxygens (including phenoxy) is 1. The zero-order chi connectivity index (χ0) is 19.1. The van der Waals surface area contributed by atoms with Gasteiger partial charge in [0.1, 0.15) is 5.75 Å². The summed E-state index contributed by atoms with van der Waals surface area (Å²) in [5.41, 5.74) is 1.95. The Hall–Kier alpha value is -2.38. The van der Waals surface area contributed by atoms with Crippen molar-refractivity contribution in [3.63, 3.8) is 0 Å². The van der Waals surface area contributed by atoms with Crippen molar-refractivity contribution < 1.29 is 14.1 Å². The summed E-state index contributed by atoms with van der Waals surface area (Å²) in [6.45, 7) is 9.84. The Bertz CT molecular complexity index is 738. The molecule has 0 atom stereocenters. The summed E-state index contributed by atoms with van der Waals surface area (Å²) in [6.07, 6.45) is 0. The van der Waals surface area contributed by atoms with Crippen molar-refractivity contribution >= 4 is 5.91 Å². The molecule has 0 bridgehead atoms. The first-order valence-corrected chi connectivity index (χ1v) is 9.47. The van der Waals surface area contributed by atoms with E-state index in [9.17, 15) is 4.79 Å². The Kier molecular flexibility index (Phi) is 6.84. The van der Waals surface area contributed by atoms with Crippen LogP contribution < -0.4 is 10.1 Å². The number of rotatable bonds is 8. The van der Waals surface area contributed by atoms with E-state index in [1.54, 1.807) is 0 Å². The molecule has 1 aromatic carbocycles. The van der Waals surface area contributed by atoms with Crippen LogP contribution >= 0.6 is 0 Å². The molecule has 0 radical (unpaired) electrons. The highest BCUT2D eigenvalue weighted by molar-refractivity contribution is 5.78. The molecular formula is C20H28N4O3. The molecule has 2 heterocycles. The van der Waals surface area contributed by atoms with Crippen LogP contribution in [0.3, 0.4) is 0 Å². The van der Waals surface area contributed by atoms with Crippen LogP contribution in [-0.2, 0) is 17.9 Å². The van der Waals surface area contributed by atoms with Crippen molar-refractivity contribution in [2.24, 2.45) is 0 Å². The first kappa shape index (κ1) is 19.4. The average molecular weight is 372 g/mol. The van der Waals surface area contributed by atoms with Gasteiger partial charge in [-0.05, 0) is 31.5 Å². The maximum atomic E-state index is 12.2. The predicted octanol–water partition coefficient (Wildman–Crippen LogP) is 1.82. The average Bonchev–Trinajstić information content (AvgIpc) is 3.07. The maximum absolute atomic E-state index is 12.2. The lowest BCUT2D eigenvalue weighted by atomic mass is 10.2. The van der Waals surface area contributed by atoms with E-state index in [4.69, 9.17) is 9.26 Å². The minimum atomic E-state index is 0.0520. The fourth-order valence-electron chi connectivity index (χ4n) is 3.19. The first-order valence-electron chi connectivity index (χ1n) is 9.47. The van der Waals surface area contributed by atoms with E-state index in [2.05, 4.69) is 20.3 Å². The largest absolute Gasteiger partial charge is 0.494 e. The molecule has 1 aliphatic rings. The van der Waals surface area contributed by atoms with Crippen LogP contribution in [0.1, 0.15) is 23.9 Å². The third-order valence-electron chi connectivity index (χ3n) is 4.59. The molecule has 27 heavy (non-hydrogen) atoms. The lowest BCUT2D eigenvalue weighted by molar-refractivity contribution is -0.122. The summed E-state index contributed by atoms with van der Waals surface area (Å²) >= 11 is 0. The van der Waals surface area contributed by atoms with Gasteiger partial charge in [0.15, 0.2) is 5.76 Å². The molecule has 0 saturated carbocycles. The molecule has 7 nitrogen and oxygen atoms in total. The number of benzene rings is 1. The van der Waals surface area contributed by atoms with Gasteiger partial charge in [-0.2, -0.15) is 0 Å². The Morgan fingerprint density at radius 1 is 1.22 bits per heavy atom. The second-order valence-corrected chi connectivity index (χ2v) is 6.84. The van der Waals surface area contributed by atoms with Gasteiger partial charge in [0.25, 0.3) is 0 Å². The highest BCUT2D eigenvalue weighted by Gasteiger charge is 2.20. The van der Waals surface area contributed by atoms with Crippen molar-refractivity contribution in [1.29, 1.82) is 0 Å². The Labute approximate surface area is 160 Å². The summed E-state index contributed by atoms with van der Waals surface area (Å²) < 4.78 is 10.8. The van der Waals surface area contributed by atoms with E-state index in [-0.39, 0.29) is 5.91 Å². The van der Waals surface area contributed by atoms with E-state index in [0.29, 0.717) is 19.7 Å². The molecule has 7 heteroatoms. The van der Waals surface area contributed by atoms with Gasteiger partial charge < -0.3 is 14.6 Å². The van der Waals surface area contributed by atoms with Gasteiger partial charge in [-0.3, -0.25) is 14.6 Å². The number of nitrogens with zero attached hydrogens (tertiary/aromatic N) is 3. The molecule has 1 N–H and O–H groups in total. The summed E-state index contributed by atoms with van der Waals surface area (Å²) in [5.74, 6) is 1.78. The van der Waals surface area contributed by atoms with Crippen molar-refractivity contribution in [1.82, 2.24) is 20.3 Å². The van der Waals surface area contributed by atoms with Gasteiger partial charge in [0.2, 0.25) is 5.91 Å². The summed E-state index contributed by atoms with van der Waals surface area (Å²) in [4.78, 5) is 16.8. The van der Waals surface area contributed by atoms with E-state index in [1.165, 1.54) is 0 Å². The quantitative estimate of drug-likeness (QED) is 0.762. The second-order valence-electron chi connectivity index (χ2n) is 6.84. The molecule has 2 aromatic rings. The summed E-state index contributed by atoms with van der Waals surface area (Å²) in [5, 5.41) is 6.92. The molecule has 1 aliphatic heterocycles. The number of nitrogens with one attached hydrogen (secondary N) is 1. The van der Waals surface area contributed by atoms with E-state index < -0.39 is 0 Å². The smallest absolute Gasteiger partial charge is 0.234 e. The third kappa shape index (κ3) is 6.08. The number of hydrogen-bond donors (Lipinski definition) is 1. The molecule has 1 aromatic heterocycles. The topological polar surface area (TPSA) is 70.8 Å². The van der Waals surface area contributed by atoms with Crippen LogP contribution in [0.5, 0.6) is 5.75 Å². The van der Waals surface area contributed by atoms with Gasteiger partial charge >= 0.3 is 0 Å². The lowest BCUT2D eigenvalue weighted by Gasteiger charge is -2.33. The lowest BCUT2D eigenvalue weighted by Crippen LogP contribution is -2.49. The molecular weight excluding hydrogens is 344 g/mol.